The van der Waals surface area contributed by atoms with Crippen LogP contribution in [0.15, 0.2) is 59.5 Å². The topological polar surface area (TPSA) is 57.6 Å². The van der Waals surface area contributed by atoms with E-state index in [1.165, 1.54) is 4.31 Å². The Morgan fingerprint density at radius 3 is 2.20 bits per heavy atom. The number of rotatable bonds is 2. The molecule has 1 N–H and O–H groups in total. The zero-order valence-electron chi connectivity index (χ0n) is 15.1. The molecule has 1 heterocycles. The fraction of sp³-hybridized carbons (Fsp3) is 0.400. The minimum Gasteiger partial charge on any atom is -0.383 e. The van der Waals surface area contributed by atoms with Gasteiger partial charge in [-0.2, -0.15) is 4.31 Å². The van der Waals surface area contributed by atoms with Gasteiger partial charge in [-0.05, 0) is 35.6 Å². The summed E-state index contributed by atoms with van der Waals surface area (Å²) in [6, 6.07) is 15.4. The molecule has 2 aromatic carbocycles. The Kier molecular flexibility index (Phi) is 4.30. The second kappa shape index (κ2) is 5.94. The number of fused-ring (bicyclic) bond motifs is 1. The van der Waals surface area contributed by atoms with Crippen LogP contribution in [0.4, 0.5) is 0 Å². The molecule has 0 aromatic heterocycles. The van der Waals surface area contributed by atoms with Crippen LogP contribution in [0, 0.1) is 5.41 Å². The van der Waals surface area contributed by atoms with E-state index in [0.717, 1.165) is 11.1 Å². The third-order valence-electron chi connectivity index (χ3n) is 5.28. The average Bonchev–Trinajstić information content (AvgIpc) is 2.57. The molecule has 1 aliphatic rings. The molecule has 0 fully saturated rings. The number of benzene rings is 2. The first-order chi connectivity index (χ1) is 11.6. The van der Waals surface area contributed by atoms with Crippen molar-refractivity contribution in [2.45, 2.75) is 50.8 Å². The van der Waals surface area contributed by atoms with E-state index < -0.39 is 27.1 Å². The highest BCUT2D eigenvalue weighted by Gasteiger charge is 2.54. The molecule has 2 aromatic rings. The van der Waals surface area contributed by atoms with Gasteiger partial charge in [0.05, 0.1) is 10.9 Å². The van der Waals surface area contributed by atoms with Crippen LogP contribution in [0.2, 0.25) is 0 Å². The van der Waals surface area contributed by atoms with Crippen LogP contribution in [0.5, 0.6) is 0 Å². The molecule has 0 saturated heterocycles. The highest BCUT2D eigenvalue weighted by atomic mass is 32.2. The van der Waals surface area contributed by atoms with Crippen LogP contribution in [0.1, 0.15) is 38.8 Å². The Morgan fingerprint density at radius 2 is 1.60 bits per heavy atom. The van der Waals surface area contributed by atoms with Crippen molar-refractivity contribution in [3.8, 4) is 0 Å². The predicted octanol–water partition coefficient (Wildman–Crippen LogP) is 3.51. The summed E-state index contributed by atoms with van der Waals surface area (Å²) < 4.78 is 27.9. The van der Waals surface area contributed by atoms with Crippen molar-refractivity contribution >= 4 is 10.0 Å². The van der Waals surface area contributed by atoms with Gasteiger partial charge in [0.15, 0.2) is 0 Å². The van der Waals surface area contributed by atoms with Crippen LogP contribution in [0.25, 0.3) is 0 Å². The van der Waals surface area contributed by atoms with Gasteiger partial charge in [0, 0.05) is 6.54 Å². The molecular formula is C20H25NO3S. The number of hydrogen-bond acceptors (Lipinski definition) is 3. The van der Waals surface area contributed by atoms with E-state index in [9.17, 15) is 13.5 Å². The van der Waals surface area contributed by atoms with Gasteiger partial charge in [0.25, 0.3) is 0 Å². The summed E-state index contributed by atoms with van der Waals surface area (Å²) in [5.74, 6) is 0. The fourth-order valence-corrected chi connectivity index (χ4v) is 5.47. The van der Waals surface area contributed by atoms with Gasteiger partial charge in [-0.25, -0.2) is 8.42 Å². The van der Waals surface area contributed by atoms with Crippen LogP contribution in [-0.2, 0) is 22.2 Å². The standard InChI is InChI=1S/C20H25NO3S/c1-15-20(22,19(2,3)4)18-13-9-8-10-16(18)14-21(15)25(23,24)17-11-6-5-7-12-17/h5-13,15,22H,14H2,1-4H3/t15-,20+/m0/s1. The molecule has 0 unspecified atom stereocenters. The molecular weight excluding hydrogens is 334 g/mol. The zero-order valence-corrected chi connectivity index (χ0v) is 15.9. The Bertz CT molecular complexity index is 871. The lowest BCUT2D eigenvalue weighted by molar-refractivity contribution is -0.116. The first kappa shape index (κ1) is 18.1. The summed E-state index contributed by atoms with van der Waals surface area (Å²) in [4.78, 5) is 0.248. The molecule has 0 aliphatic carbocycles. The van der Waals surface area contributed by atoms with E-state index in [1.54, 1.807) is 37.3 Å². The van der Waals surface area contributed by atoms with E-state index in [-0.39, 0.29) is 11.4 Å². The summed E-state index contributed by atoms with van der Waals surface area (Å²) in [6.45, 7) is 7.88. The van der Waals surface area contributed by atoms with E-state index in [4.69, 9.17) is 0 Å². The maximum atomic E-state index is 13.2. The van der Waals surface area contributed by atoms with Gasteiger partial charge < -0.3 is 5.11 Å². The van der Waals surface area contributed by atoms with Crippen molar-refractivity contribution in [1.29, 1.82) is 0 Å². The first-order valence-electron chi connectivity index (χ1n) is 8.48. The second-order valence-corrected chi connectivity index (χ2v) is 9.60. The number of nitrogens with zero attached hydrogens (tertiary/aromatic N) is 1. The lowest BCUT2D eigenvalue weighted by atomic mass is 9.66. The fourth-order valence-electron chi connectivity index (χ4n) is 3.82. The third kappa shape index (κ3) is 2.71. The summed E-state index contributed by atoms with van der Waals surface area (Å²) in [5.41, 5.74) is -0.163. The van der Waals surface area contributed by atoms with Gasteiger partial charge in [-0.1, -0.05) is 63.2 Å². The van der Waals surface area contributed by atoms with Crippen molar-refractivity contribution in [1.82, 2.24) is 4.31 Å². The summed E-state index contributed by atoms with van der Waals surface area (Å²) in [7, 11) is -3.71. The molecule has 25 heavy (non-hydrogen) atoms. The molecule has 1 aliphatic heterocycles. The molecule has 0 amide bonds. The largest absolute Gasteiger partial charge is 0.383 e. The Labute approximate surface area is 150 Å². The molecule has 5 heteroatoms. The normalized spacial score (nSPS) is 24.8. The predicted molar refractivity (Wildman–Crippen MR) is 98.4 cm³/mol. The Morgan fingerprint density at radius 1 is 1.04 bits per heavy atom. The van der Waals surface area contributed by atoms with E-state index in [2.05, 4.69) is 0 Å². The van der Waals surface area contributed by atoms with Gasteiger partial charge in [0.2, 0.25) is 10.0 Å². The average molecular weight is 359 g/mol. The van der Waals surface area contributed by atoms with Crippen molar-refractivity contribution in [3.05, 3.63) is 65.7 Å². The highest BCUT2D eigenvalue weighted by molar-refractivity contribution is 7.89. The number of aliphatic hydroxyl groups is 1. The molecule has 0 saturated carbocycles. The summed E-state index contributed by atoms with van der Waals surface area (Å²) in [5, 5.41) is 11.7. The van der Waals surface area contributed by atoms with Crippen molar-refractivity contribution in [3.63, 3.8) is 0 Å². The summed E-state index contributed by atoms with van der Waals surface area (Å²) in [6.07, 6.45) is 0. The molecule has 4 nitrogen and oxygen atoms in total. The minimum atomic E-state index is -3.71. The smallest absolute Gasteiger partial charge is 0.243 e. The monoisotopic (exact) mass is 359 g/mol. The molecule has 0 spiro atoms. The number of hydrogen-bond donors (Lipinski definition) is 1. The van der Waals surface area contributed by atoms with E-state index in [0.29, 0.717) is 0 Å². The van der Waals surface area contributed by atoms with Crippen molar-refractivity contribution < 1.29 is 13.5 Å². The first-order valence-corrected chi connectivity index (χ1v) is 9.92. The van der Waals surface area contributed by atoms with Gasteiger partial charge in [-0.3, -0.25) is 0 Å². The van der Waals surface area contributed by atoms with Crippen LogP contribution in [-0.4, -0.2) is 23.9 Å². The van der Waals surface area contributed by atoms with Crippen LogP contribution in [0.3, 0.4) is 0 Å². The minimum absolute atomic E-state index is 0.248. The second-order valence-electron chi connectivity index (χ2n) is 7.71. The maximum Gasteiger partial charge on any atom is 0.243 e. The Balaban J connectivity index is 2.20. The molecule has 3 rings (SSSR count). The van der Waals surface area contributed by atoms with Crippen molar-refractivity contribution in [2.75, 3.05) is 0 Å². The van der Waals surface area contributed by atoms with E-state index >= 15 is 0 Å². The third-order valence-corrected chi connectivity index (χ3v) is 7.21. The van der Waals surface area contributed by atoms with Crippen LogP contribution >= 0.6 is 0 Å². The Hall–Kier alpha value is -1.69. The van der Waals surface area contributed by atoms with Gasteiger partial charge in [0.1, 0.15) is 5.60 Å². The van der Waals surface area contributed by atoms with E-state index in [1.807, 2.05) is 45.0 Å². The maximum absolute atomic E-state index is 13.2. The summed E-state index contributed by atoms with van der Waals surface area (Å²) >= 11 is 0. The molecule has 0 bridgehead atoms. The van der Waals surface area contributed by atoms with Gasteiger partial charge >= 0.3 is 0 Å². The SMILES string of the molecule is C[C@@H]1N(S(=O)(=O)c2ccccc2)Cc2ccccc2[C@@]1(O)C(C)(C)C. The number of sulfonamides is 1. The van der Waals surface area contributed by atoms with Crippen molar-refractivity contribution in [2.24, 2.45) is 5.41 Å². The molecule has 2 atom stereocenters. The lowest BCUT2D eigenvalue weighted by Gasteiger charge is -2.52. The molecule has 0 radical (unpaired) electrons. The van der Waals surface area contributed by atoms with Crippen LogP contribution < -0.4 is 0 Å². The highest BCUT2D eigenvalue weighted by Crippen LogP contribution is 2.49. The zero-order chi connectivity index (χ0) is 18.5. The lowest BCUT2D eigenvalue weighted by Crippen LogP contribution is -2.60. The van der Waals surface area contributed by atoms with Gasteiger partial charge in [-0.15, -0.1) is 0 Å². The quantitative estimate of drug-likeness (QED) is 0.893. The molecule has 134 valence electrons.